The lowest BCUT2D eigenvalue weighted by Gasteiger charge is -2.10. The van der Waals surface area contributed by atoms with Gasteiger partial charge in [-0.2, -0.15) is 0 Å². The van der Waals surface area contributed by atoms with E-state index in [0.29, 0.717) is 17.3 Å². The van der Waals surface area contributed by atoms with Crippen LogP contribution in [-0.2, 0) is 7.05 Å². The number of nitrogens with zero attached hydrogens (tertiary/aromatic N) is 1. The Hall–Kier alpha value is -3.18. The normalized spacial score (nSPS) is 12.5. The number of aromatic nitrogens is 1. The van der Waals surface area contributed by atoms with Crippen LogP contribution in [0, 0.1) is 0 Å². The van der Waals surface area contributed by atoms with Crippen molar-refractivity contribution in [2.75, 3.05) is 0 Å². The highest BCUT2D eigenvalue weighted by atomic mass is 16.3. The Morgan fingerprint density at radius 1 is 1.15 bits per heavy atom. The van der Waals surface area contributed by atoms with Gasteiger partial charge in [0.05, 0.1) is 5.52 Å². The van der Waals surface area contributed by atoms with Crippen molar-refractivity contribution in [2.24, 2.45) is 12.8 Å². The first kappa shape index (κ1) is 17.6. The van der Waals surface area contributed by atoms with Gasteiger partial charge in [0, 0.05) is 18.5 Å². The summed E-state index contributed by atoms with van der Waals surface area (Å²) in [6.07, 6.45) is 3.38. The lowest BCUT2D eigenvalue weighted by molar-refractivity contribution is 0.104. The van der Waals surface area contributed by atoms with Crippen LogP contribution >= 0.6 is 0 Å². The van der Waals surface area contributed by atoms with Crippen LogP contribution in [0.2, 0.25) is 0 Å². The summed E-state index contributed by atoms with van der Waals surface area (Å²) >= 11 is 0. The predicted molar refractivity (Wildman–Crippen MR) is 102 cm³/mol. The molecule has 0 aliphatic heterocycles. The van der Waals surface area contributed by atoms with Crippen LogP contribution in [0.15, 0.2) is 71.5 Å². The highest BCUT2D eigenvalue weighted by Gasteiger charge is 2.19. The summed E-state index contributed by atoms with van der Waals surface area (Å²) in [5.74, 6) is -0.820. The number of allylic oxidation sites excluding steroid dienone is 1. The molecule has 0 aliphatic carbocycles. The zero-order valence-corrected chi connectivity index (χ0v) is 14.4. The fourth-order valence-electron chi connectivity index (χ4n) is 2.94. The van der Waals surface area contributed by atoms with Gasteiger partial charge in [-0.25, -0.2) is 0 Å². The van der Waals surface area contributed by atoms with Crippen molar-refractivity contribution >= 4 is 16.7 Å². The lowest BCUT2D eigenvalue weighted by atomic mass is 10.0. The summed E-state index contributed by atoms with van der Waals surface area (Å²) in [5, 5.41) is 10.9. The number of hydrogen-bond donors (Lipinski definition) is 2. The second-order valence-corrected chi connectivity index (χ2v) is 6.12. The maximum absolute atomic E-state index is 12.5. The van der Waals surface area contributed by atoms with Gasteiger partial charge in [0.25, 0.3) is 5.56 Å². The zero-order chi connectivity index (χ0) is 18.7. The number of benzene rings is 2. The number of hydrogen-bond acceptors (Lipinski definition) is 4. The highest BCUT2D eigenvalue weighted by molar-refractivity contribution is 6.09. The van der Waals surface area contributed by atoms with E-state index < -0.39 is 11.3 Å². The molecule has 0 radical (unpaired) electrons. The Morgan fingerprint density at radius 3 is 2.54 bits per heavy atom. The van der Waals surface area contributed by atoms with Crippen molar-refractivity contribution in [3.8, 4) is 5.75 Å². The average Bonchev–Trinajstić information content (AvgIpc) is 2.67. The SMILES string of the molecule is Cn1c(=O)c(C(=O)C=CC[C@H](N)c2ccccc2)c(O)c2ccccc21. The fourth-order valence-corrected chi connectivity index (χ4v) is 2.94. The summed E-state index contributed by atoms with van der Waals surface area (Å²) in [5.41, 5.74) is 6.89. The summed E-state index contributed by atoms with van der Waals surface area (Å²) in [6.45, 7) is 0. The molecule has 0 amide bonds. The number of aromatic hydroxyl groups is 1. The smallest absolute Gasteiger partial charge is 0.265 e. The third kappa shape index (κ3) is 3.30. The molecule has 0 fully saturated rings. The number of rotatable bonds is 5. The van der Waals surface area contributed by atoms with Crippen LogP contribution < -0.4 is 11.3 Å². The molecule has 5 heteroatoms. The third-order valence-electron chi connectivity index (χ3n) is 4.41. The molecular weight excluding hydrogens is 328 g/mol. The third-order valence-corrected chi connectivity index (χ3v) is 4.41. The van der Waals surface area contributed by atoms with E-state index in [-0.39, 0.29) is 17.4 Å². The molecule has 1 atom stereocenters. The van der Waals surface area contributed by atoms with Crippen LogP contribution in [-0.4, -0.2) is 15.5 Å². The Bertz CT molecular complexity index is 1040. The predicted octanol–water partition coefficient (Wildman–Crippen LogP) is 3.07. The molecule has 0 unspecified atom stereocenters. The lowest BCUT2D eigenvalue weighted by Crippen LogP contribution is -2.24. The summed E-state index contributed by atoms with van der Waals surface area (Å²) < 4.78 is 1.37. The number of nitrogens with two attached hydrogens (primary N) is 1. The molecule has 0 saturated carbocycles. The van der Waals surface area contributed by atoms with Gasteiger partial charge in [-0.05, 0) is 30.2 Å². The van der Waals surface area contributed by atoms with Crippen LogP contribution in [0.25, 0.3) is 10.9 Å². The van der Waals surface area contributed by atoms with Gasteiger partial charge in [-0.15, -0.1) is 0 Å². The van der Waals surface area contributed by atoms with Crippen LogP contribution in [0.3, 0.4) is 0 Å². The van der Waals surface area contributed by atoms with Crippen molar-refractivity contribution in [1.82, 2.24) is 4.57 Å². The van der Waals surface area contributed by atoms with E-state index in [9.17, 15) is 14.7 Å². The number of pyridine rings is 1. The van der Waals surface area contributed by atoms with E-state index in [1.54, 1.807) is 37.4 Å². The molecule has 0 spiro atoms. The second-order valence-electron chi connectivity index (χ2n) is 6.12. The molecular formula is C21H20N2O3. The Balaban J connectivity index is 1.87. The standard InChI is InChI=1S/C21H20N2O3/c1-23-17-12-6-5-10-15(17)20(25)19(21(23)26)18(24)13-7-11-16(22)14-8-3-2-4-9-14/h2-10,12-13,16,25H,11,22H2,1H3/t16-/m0/s1. The van der Waals surface area contributed by atoms with Crippen molar-refractivity contribution in [2.45, 2.75) is 12.5 Å². The van der Waals surface area contributed by atoms with Gasteiger partial charge in [-0.1, -0.05) is 48.5 Å². The summed E-state index contributed by atoms with van der Waals surface area (Å²) in [4.78, 5) is 25.0. The molecule has 3 aromatic rings. The van der Waals surface area contributed by atoms with Gasteiger partial charge in [0.2, 0.25) is 0 Å². The second kappa shape index (κ2) is 7.37. The van der Waals surface area contributed by atoms with E-state index >= 15 is 0 Å². The molecule has 26 heavy (non-hydrogen) atoms. The molecule has 1 aromatic heterocycles. The number of carbonyl (C=O) groups excluding carboxylic acids is 1. The minimum atomic E-state index is -0.533. The van der Waals surface area contributed by atoms with E-state index in [4.69, 9.17) is 5.73 Å². The fraction of sp³-hybridized carbons (Fsp3) is 0.143. The van der Waals surface area contributed by atoms with Crippen molar-refractivity contribution in [3.05, 3.63) is 88.2 Å². The van der Waals surface area contributed by atoms with Gasteiger partial charge >= 0.3 is 0 Å². The highest BCUT2D eigenvalue weighted by Crippen LogP contribution is 2.26. The van der Waals surface area contributed by atoms with Gasteiger partial charge < -0.3 is 15.4 Å². The number of ketones is 1. The number of aryl methyl sites for hydroxylation is 1. The Labute approximate surface area is 151 Å². The van der Waals surface area contributed by atoms with E-state index in [0.717, 1.165) is 5.56 Å². The number of carbonyl (C=O) groups is 1. The zero-order valence-electron chi connectivity index (χ0n) is 14.4. The summed E-state index contributed by atoms with van der Waals surface area (Å²) in [7, 11) is 1.58. The molecule has 2 aromatic carbocycles. The van der Waals surface area contributed by atoms with Gasteiger partial charge in [0.15, 0.2) is 5.78 Å². The van der Waals surface area contributed by atoms with Crippen molar-refractivity contribution in [1.29, 1.82) is 0 Å². The van der Waals surface area contributed by atoms with Crippen molar-refractivity contribution < 1.29 is 9.90 Å². The minimum absolute atomic E-state index is 0.226. The summed E-state index contributed by atoms with van der Waals surface area (Å²) in [6, 6.07) is 16.2. The molecule has 5 nitrogen and oxygen atoms in total. The maximum atomic E-state index is 12.5. The first-order chi connectivity index (χ1) is 12.5. The van der Waals surface area contributed by atoms with Crippen LogP contribution in [0.4, 0.5) is 0 Å². The van der Waals surface area contributed by atoms with E-state index in [1.165, 1.54) is 10.6 Å². The van der Waals surface area contributed by atoms with E-state index in [1.807, 2.05) is 30.3 Å². The average molecular weight is 348 g/mol. The van der Waals surface area contributed by atoms with E-state index in [2.05, 4.69) is 0 Å². The molecule has 132 valence electrons. The monoisotopic (exact) mass is 348 g/mol. The first-order valence-electron chi connectivity index (χ1n) is 8.32. The molecule has 1 heterocycles. The molecule has 3 N–H and O–H groups in total. The molecule has 0 saturated heterocycles. The quantitative estimate of drug-likeness (QED) is 0.548. The maximum Gasteiger partial charge on any atom is 0.265 e. The first-order valence-corrected chi connectivity index (χ1v) is 8.32. The van der Waals surface area contributed by atoms with Gasteiger partial charge in [0.1, 0.15) is 11.3 Å². The Morgan fingerprint density at radius 2 is 1.81 bits per heavy atom. The molecule has 0 bridgehead atoms. The molecule has 3 rings (SSSR count). The van der Waals surface area contributed by atoms with Crippen LogP contribution in [0.1, 0.15) is 28.4 Å². The van der Waals surface area contributed by atoms with Gasteiger partial charge in [-0.3, -0.25) is 9.59 Å². The van der Waals surface area contributed by atoms with Crippen molar-refractivity contribution in [3.63, 3.8) is 0 Å². The minimum Gasteiger partial charge on any atom is -0.506 e. The largest absolute Gasteiger partial charge is 0.506 e. The number of para-hydroxylation sites is 1. The number of fused-ring (bicyclic) bond motifs is 1. The van der Waals surface area contributed by atoms with Crippen LogP contribution in [0.5, 0.6) is 5.75 Å². The topological polar surface area (TPSA) is 85.3 Å². The molecule has 0 aliphatic rings. The Kier molecular flexibility index (Phi) is 5.00.